The fourth-order valence-electron chi connectivity index (χ4n) is 1.51. The molecular weight excluding hydrogens is 252 g/mol. The van der Waals surface area contributed by atoms with Gasteiger partial charge in [-0.15, -0.1) is 0 Å². The van der Waals surface area contributed by atoms with Crippen molar-refractivity contribution >= 4 is 11.6 Å². The molecule has 0 aromatic carbocycles. The van der Waals surface area contributed by atoms with Crippen LogP contribution in [-0.2, 0) is 11.3 Å². The van der Waals surface area contributed by atoms with Crippen LogP contribution < -0.4 is 16.6 Å². The van der Waals surface area contributed by atoms with Crippen molar-refractivity contribution < 1.29 is 9.72 Å². The van der Waals surface area contributed by atoms with Gasteiger partial charge in [-0.3, -0.25) is 19.7 Å². The number of rotatable bonds is 7. The second kappa shape index (κ2) is 7.27. The molecule has 0 aliphatic carbocycles. The van der Waals surface area contributed by atoms with Crippen molar-refractivity contribution in [1.82, 2.24) is 9.88 Å². The van der Waals surface area contributed by atoms with E-state index in [1.54, 1.807) is 0 Å². The molecule has 8 nitrogen and oxygen atoms in total. The summed E-state index contributed by atoms with van der Waals surface area (Å²) in [4.78, 5) is 32.8. The molecule has 0 aliphatic rings. The molecule has 104 valence electrons. The van der Waals surface area contributed by atoms with E-state index in [0.29, 0.717) is 19.5 Å². The van der Waals surface area contributed by atoms with Crippen LogP contribution in [0.3, 0.4) is 0 Å². The molecule has 0 bridgehead atoms. The maximum absolute atomic E-state index is 11.5. The standard InChI is InChI=1S/C11H16N4O4/c12-5-6-13-10(16)2-1-7-14-8-9(15(18)19)3-4-11(14)17/h3-4,8H,1-2,5-7,12H2,(H,13,16). The van der Waals surface area contributed by atoms with Crippen molar-refractivity contribution in [3.8, 4) is 0 Å². The molecule has 0 atom stereocenters. The predicted octanol–water partition coefficient (Wildman–Crippen LogP) is -0.388. The number of hydrogen-bond acceptors (Lipinski definition) is 5. The maximum Gasteiger partial charge on any atom is 0.285 e. The van der Waals surface area contributed by atoms with Gasteiger partial charge in [0, 0.05) is 38.2 Å². The van der Waals surface area contributed by atoms with E-state index in [1.165, 1.54) is 10.8 Å². The largest absolute Gasteiger partial charge is 0.355 e. The first-order chi connectivity index (χ1) is 9.04. The molecule has 0 fully saturated rings. The van der Waals surface area contributed by atoms with E-state index in [4.69, 9.17) is 5.73 Å². The number of aryl methyl sites for hydroxylation is 1. The van der Waals surface area contributed by atoms with E-state index >= 15 is 0 Å². The van der Waals surface area contributed by atoms with Crippen LogP contribution >= 0.6 is 0 Å². The van der Waals surface area contributed by atoms with Crippen LogP contribution in [0.2, 0.25) is 0 Å². The van der Waals surface area contributed by atoms with Crippen LogP contribution in [0.1, 0.15) is 12.8 Å². The molecule has 1 heterocycles. The average Bonchev–Trinajstić information content (AvgIpc) is 2.38. The number of carbonyl (C=O) groups excluding carboxylic acids is 1. The minimum absolute atomic E-state index is 0.146. The third kappa shape index (κ3) is 4.88. The van der Waals surface area contributed by atoms with Crippen molar-refractivity contribution in [2.45, 2.75) is 19.4 Å². The lowest BCUT2D eigenvalue weighted by molar-refractivity contribution is -0.385. The molecule has 1 rings (SSSR count). The zero-order chi connectivity index (χ0) is 14.3. The Morgan fingerprint density at radius 3 is 2.84 bits per heavy atom. The van der Waals surface area contributed by atoms with Gasteiger partial charge in [-0.2, -0.15) is 0 Å². The molecule has 0 aliphatic heterocycles. The lowest BCUT2D eigenvalue weighted by atomic mass is 10.3. The van der Waals surface area contributed by atoms with Crippen molar-refractivity contribution in [1.29, 1.82) is 0 Å². The summed E-state index contributed by atoms with van der Waals surface area (Å²) in [5.41, 5.74) is 4.77. The lowest BCUT2D eigenvalue weighted by Crippen LogP contribution is -2.29. The molecule has 1 aromatic rings. The molecular formula is C11H16N4O4. The summed E-state index contributed by atoms with van der Waals surface area (Å²) in [6.45, 7) is 1.04. The third-order valence-corrected chi connectivity index (χ3v) is 2.45. The molecule has 0 unspecified atom stereocenters. The third-order valence-electron chi connectivity index (χ3n) is 2.45. The van der Waals surface area contributed by atoms with E-state index in [-0.39, 0.29) is 30.1 Å². The van der Waals surface area contributed by atoms with Crippen LogP contribution in [-0.4, -0.2) is 28.5 Å². The van der Waals surface area contributed by atoms with Crippen LogP contribution in [0.4, 0.5) is 5.69 Å². The second-order valence-corrected chi connectivity index (χ2v) is 3.92. The molecule has 0 radical (unpaired) electrons. The highest BCUT2D eigenvalue weighted by atomic mass is 16.6. The molecule has 0 saturated carbocycles. The minimum atomic E-state index is -0.566. The van der Waals surface area contributed by atoms with Crippen molar-refractivity contribution in [2.75, 3.05) is 13.1 Å². The quantitative estimate of drug-likeness (QED) is 0.515. The van der Waals surface area contributed by atoms with Crippen molar-refractivity contribution in [3.63, 3.8) is 0 Å². The minimum Gasteiger partial charge on any atom is -0.355 e. The molecule has 19 heavy (non-hydrogen) atoms. The average molecular weight is 268 g/mol. The van der Waals surface area contributed by atoms with Gasteiger partial charge in [-0.25, -0.2) is 0 Å². The van der Waals surface area contributed by atoms with Gasteiger partial charge in [0.05, 0.1) is 11.1 Å². The highest BCUT2D eigenvalue weighted by molar-refractivity contribution is 5.75. The van der Waals surface area contributed by atoms with Crippen LogP contribution in [0, 0.1) is 10.1 Å². The summed E-state index contributed by atoms with van der Waals surface area (Å²) in [5.74, 6) is -0.149. The Morgan fingerprint density at radius 2 is 2.21 bits per heavy atom. The van der Waals surface area contributed by atoms with Crippen molar-refractivity contribution in [3.05, 3.63) is 38.8 Å². The Kier molecular flexibility index (Phi) is 5.68. The summed E-state index contributed by atoms with van der Waals surface area (Å²) < 4.78 is 1.23. The van der Waals surface area contributed by atoms with Crippen molar-refractivity contribution in [2.24, 2.45) is 5.73 Å². The number of aromatic nitrogens is 1. The highest BCUT2D eigenvalue weighted by Crippen LogP contribution is 2.07. The smallest absolute Gasteiger partial charge is 0.285 e. The normalized spacial score (nSPS) is 10.2. The number of nitrogens with zero attached hydrogens (tertiary/aromatic N) is 2. The fraction of sp³-hybridized carbons (Fsp3) is 0.455. The topological polar surface area (TPSA) is 120 Å². The SMILES string of the molecule is NCCNC(=O)CCCn1cc([N+](=O)[O-])ccc1=O. The van der Waals surface area contributed by atoms with E-state index in [1.807, 2.05) is 0 Å². The molecule has 8 heteroatoms. The summed E-state index contributed by atoms with van der Waals surface area (Å²) >= 11 is 0. The van der Waals surface area contributed by atoms with Gasteiger partial charge in [-0.1, -0.05) is 0 Å². The second-order valence-electron chi connectivity index (χ2n) is 3.92. The van der Waals surface area contributed by atoms with Gasteiger partial charge in [0.1, 0.15) is 0 Å². The molecule has 0 saturated heterocycles. The number of nitro groups is 1. The Morgan fingerprint density at radius 1 is 1.47 bits per heavy atom. The Balaban J connectivity index is 2.53. The Labute approximate surface area is 109 Å². The van der Waals surface area contributed by atoms with Crippen LogP contribution in [0.15, 0.2) is 23.1 Å². The number of nitrogens with two attached hydrogens (primary N) is 1. The summed E-state index contributed by atoms with van der Waals surface area (Å²) in [6.07, 6.45) is 1.85. The number of pyridine rings is 1. The first-order valence-corrected chi connectivity index (χ1v) is 5.86. The van der Waals surface area contributed by atoms with E-state index in [2.05, 4.69) is 5.32 Å². The number of hydrogen-bond donors (Lipinski definition) is 2. The van der Waals surface area contributed by atoms with Gasteiger partial charge in [0.25, 0.3) is 11.2 Å². The monoisotopic (exact) mass is 268 g/mol. The van der Waals surface area contributed by atoms with Gasteiger partial charge < -0.3 is 15.6 Å². The van der Waals surface area contributed by atoms with Gasteiger partial charge in [0.15, 0.2) is 0 Å². The highest BCUT2D eigenvalue weighted by Gasteiger charge is 2.08. The number of carbonyl (C=O) groups is 1. The molecule has 3 N–H and O–H groups in total. The Bertz CT molecular complexity index is 512. The van der Waals surface area contributed by atoms with E-state index < -0.39 is 4.92 Å². The number of nitrogens with one attached hydrogen (secondary N) is 1. The zero-order valence-electron chi connectivity index (χ0n) is 10.4. The van der Waals surface area contributed by atoms with E-state index in [0.717, 1.165) is 12.1 Å². The first kappa shape index (κ1) is 14.8. The zero-order valence-corrected chi connectivity index (χ0v) is 10.4. The van der Waals surface area contributed by atoms with Crippen LogP contribution in [0.5, 0.6) is 0 Å². The molecule has 0 spiro atoms. The van der Waals surface area contributed by atoms with Crippen LogP contribution in [0.25, 0.3) is 0 Å². The van der Waals surface area contributed by atoms with Gasteiger partial charge in [0.2, 0.25) is 5.91 Å². The molecule has 1 aromatic heterocycles. The summed E-state index contributed by atoms with van der Waals surface area (Å²) in [7, 11) is 0. The maximum atomic E-state index is 11.5. The Hall–Kier alpha value is -2.22. The molecule has 1 amide bonds. The summed E-state index contributed by atoms with van der Waals surface area (Å²) in [6, 6.07) is 2.30. The predicted molar refractivity (Wildman–Crippen MR) is 68.7 cm³/mol. The van der Waals surface area contributed by atoms with E-state index in [9.17, 15) is 19.7 Å². The number of amides is 1. The summed E-state index contributed by atoms with van der Waals surface area (Å²) in [5, 5.41) is 13.2. The first-order valence-electron chi connectivity index (χ1n) is 5.86. The van der Waals surface area contributed by atoms with Gasteiger partial charge >= 0.3 is 0 Å². The van der Waals surface area contributed by atoms with Gasteiger partial charge in [-0.05, 0) is 6.42 Å². The fourth-order valence-corrected chi connectivity index (χ4v) is 1.51. The lowest BCUT2D eigenvalue weighted by Gasteiger charge is -2.05.